The van der Waals surface area contributed by atoms with Gasteiger partial charge in [0.2, 0.25) is 0 Å². The lowest BCUT2D eigenvalue weighted by molar-refractivity contribution is -0.118. The van der Waals surface area contributed by atoms with Crippen molar-refractivity contribution < 1.29 is 14.6 Å². The Labute approximate surface area is 200 Å². The van der Waals surface area contributed by atoms with Crippen molar-refractivity contribution in [2.24, 2.45) is 5.10 Å². The standard InChI is InChI=1S/C24H22N6O3S/c1-2-33-21-11-7-19(8-12-21)30-23(18-4-3-13-25-15-18)28-29-24(30)34-16-22(32)27-26-14-17-5-9-20(31)10-6-17/h3-15,31H,2,16H2,1H3,(H,27,32). The van der Waals surface area contributed by atoms with Gasteiger partial charge in [-0.1, -0.05) is 11.8 Å². The third-order valence-corrected chi connectivity index (χ3v) is 5.52. The second-order valence-corrected chi connectivity index (χ2v) is 7.93. The molecule has 0 aliphatic heterocycles. The van der Waals surface area contributed by atoms with Gasteiger partial charge in [0.05, 0.1) is 18.6 Å². The van der Waals surface area contributed by atoms with E-state index < -0.39 is 0 Å². The van der Waals surface area contributed by atoms with Crippen LogP contribution in [0.5, 0.6) is 11.5 Å². The molecule has 0 aliphatic rings. The average Bonchev–Trinajstić information content (AvgIpc) is 3.29. The summed E-state index contributed by atoms with van der Waals surface area (Å²) in [7, 11) is 0. The number of phenols is 1. The summed E-state index contributed by atoms with van der Waals surface area (Å²) in [6, 6.07) is 17.8. The molecule has 2 aromatic heterocycles. The van der Waals surface area contributed by atoms with Gasteiger partial charge >= 0.3 is 0 Å². The van der Waals surface area contributed by atoms with Gasteiger partial charge in [0.15, 0.2) is 11.0 Å². The van der Waals surface area contributed by atoms with Gasteiger partial charge in [-0.3, -0.25) is 14.3 Å². The number of carbonyl (C=O) groups is 1. The van der Waals surface area contributed by atoms with E-state index in [1.165, 1.54) is 18.0 Å². The summed E-state index contributed by atoms with van der Waals surface area (Å²) in [6.07, 6.45) is 4.92. The summed E-state index contributed by atoms with van der Waals surface area (Å²) in [5.41, 5.74) is 4.89. The molecule has 0 atom stereocenters. The normalized spacial score (nSPS) is 11.0. The van der Waals surface area contributed by atoms with Gasteiger partial charge in [0.1, 0.15) is 11.5 Å². The van der Waals surface area contributed by atoms with Crippen molar-refractivity contribution in [2.45, 2.75) is 12.1 Å². The molecule has 1 amide bonds. The molecule has 9 nitrogen and oxygen atoms in total. The lowest BCUT2D eigenvalue weighted by Crippen LogP contribution is -2.20. The SMILES string of the molecule is CCOc1ccc(-n2c(SCC(=O)NN=Cc3ccc(O)cc3)nnc2-c2cccnc2)cc1. The molecule has 0 saturated heterocycles. The Balaban J connectivity index is 1.50. The Morgan fingerprint density at radius 3 is 2.65 bits per heavy atom. The Morgan fingerprint density at radius 1 is 1.15 bits per heavy atom. The predicted octanol–water partition coefficient (Wildman–Crippen LogP) is 3.68. The van der Waals surface area contributed by atoms with Crippen molar-refractivity contribution in [3.63, 3.8) is 0 Å². The lowest BCUT2D eigenvalue weighted by atomic mass is 10.2. The van der Waals surface area contributed by atoms with E-state index in [1.807, 2.05) is 47.9 Å². The maximum Gasteiger partial charge on any atom is 0.250 e. The molecule has 0 spiro atoms. The Morgan fingerprint density at radius 2 is 1.94 bits per heavy atom. The van der Waals surface area contributed by atoms with Crippen molar-refractivity contribution in [3.05, 3.63) is 78.6 Å². The average molecular weight is 475 g/mol. The number of benzene rings is 2. The minimum Gasteiger partial charge on any atom is -0.508 e. The topological polar surface area (TPSA) is 115 Å². The molecule has 2 N–H and O–H groups in total. The molecule has 2 aromatic carbocycles. The molecule has 0 radical (unpaired) electrons. The fraction of sp³-hybridized carbons (Fsp3) is 0.125. The van der Waals surface area contributed by atoms with Crippen molar-refractivity contribution in [1.29, 1.82) is 0 Å². The van der Waals surface area contributed by atoms with E-state index in [9.17, 15) is 9.90 Å². The van der Waals surface area contributed by atoms with Gasteiger partial charge in [-0.25, -0.2) is 5.43 Å². The van der Waals surface area contributed by atoms with Gasteiger partial charge in [-0.15, -0.1) is 10.2 Å². The number of pyridine rings is 1. The highest BCUT2D eigenvalue weighted by molar-refractivity contribution is 7.99. The van der Waals surface area contributed by atoms with Crippen molar-refractivity contribution in [3.8, 4) is 28.6 Å². The minimum absolute atomic E-state index is 0.0924. The van der Waals surface area contributed by atoms with Crippen LogP contribution >= 0.6 is 11.8 Å². The number of nitrogens with zero attached hydrogens (tertiary/aromatic N) is 5. The number of hydrogen-bond acceptors (Lipinski definition) is 8. The minimum atomic E-state index is -0.288. The molecule has 4 aromatic rings. The fourth-order valence-electron chi connectivity index (χ4n) is 3.04. The highest BCUT2D eigenvalue weighted by atomic mass is 32.2. The number of hydrogen-bond donors (Lipinski definition) is 2. The Kier molecular flexibility index (Phi) is 7.51. The summed E-state index contributed by atoms with van der Waals surface area (Å²) in [5, 5.41) is 22.5. The number of phenolic OH excluding ortho intramolecular Hbond substituents is 1. The molecular weight excluding hydrogens is 452 g/mol. The molecule has 0 unspecified atom stereocenters. The molecule has 10 heteroatoms. The van der Waals surface area contributed by atoms with Crippen LogP contribution in [0.25, 0.3) is 17.1 Å². The summed E-state index contributed by atoms with van der Waals surface area (Å²) in [6.45, 7) is 2.51. The van der Waals surface area contributed by atoms with Crippen LogP contribution in [-0.4, -0.2) is 49.3 Å². The zero-order valence-corrected chi connectivity index (χ0v) is 19.1. The number of ether oxygens (including phenoxy) is 1. The molecule has 2 heterocycles. The van der Waals surface area contributed by atoms with Crippen LogP contribution in [0.1, 0.15) is 12.5 Å². The van der Waals surface area contributed by atoms with Crippen molar-refractivity contribution in [2.75, 3.05) is 12.4 Å². The molecule has 4 rings (SSSR count). The van der Waals surface area contributed by atoms with E-state index in [2.05, 4.69) is 25.7 Å². The van der Waals surface area contributed by atoms with Crippen LogP contribution < -0.4 is 10.2 Å². The van der Waals surface area contributed by atoms with Crippen LogP contribution in [0, 0.1) is 0 Å². The number of amides is 1. The molecule has 0 bridgehead atoms. The monoisotopic (exact) mass is 474 g/mol. The van der Waals surface area contributed by atoms with Gasteiger partial charge in [-0.2, -0.15) is 5.10 Å². The van der Waals surface area contributed by atoms with E-state index >= 15 is 0 Å². The maximum absolute atomic E-state index is 12.3. The molecule has 0 saturated carbocycles. The van der Waals surface area contributed by atoms with E-state index in [-0.39, 0.29) is 17.4 Å². The van der Waals surface area contributed by atoms with Gasteiger partial charge in [0.25, 0.3) is 5.91 Å². The number of rotatable bonds is 9. The molecule has 0 aliphatic carbocycles. The van der Waals surface area contributed by atoms with Crippen LogP contribution in [0.15, 0.2) is 83.3 Å². The predicted molar refractivity (Wildman–Crippen MR) is 130 cm³/mol. The third-order valence-electron chi connectivity index (χ3n) is 4.59. The van der Waals surface area contributed by atoms with Crippen LogP contribution in [0.2, 0.25) is 0 Å². The summed E-state index contributed by atoms with van der Waals surface area (Å²) in [4.78, 5) is 16.5. The largest absolute Gasteiger partial charge is 0.508 e. The highest BCUT2D eigenvalue weighted by Crippen LogP contribution is 2.28. The lowest BCUT2D eigenvalue weighted by Gasteiger charge is -2.11. The molecular formula is C24H22N6O3S. The molecule has 34 heavy (non-hydrogen) atoms. The van der Waals surface area contributed by atoms with E-state index in [1.54, 1.807) is 36.7 Å². The number of hydrazone groups is 1. The molecule has 0 fully saturated rings. The van der Waals surface area contributed by atoms with Crippen molar-refractivity contribution in [1.82, 2.24) is 25.2 Å². The first-order chi connectivity index (χ1) is 16.6. The highest BCUT2D eigenvalue weighted by Gasteiger charge is 2.17. The molecule has 172 valence electrons. The maximum atomic E-state index is 12.3. The number of carbonyl (C=O) groups excluding carboxylic acids is 1. The van der Waals surface area contributed by atoms with Gasteiger partial charge in [0, 0.05) is 23.6 Å². The Bertz CT molecular complexity index is 1260. The van der Waals surface area contributed by atoms with Crippen LogP contribution in [0.3, 0.4) is 0 Å². The fourth-order valence-corrected chi connectivity index (χ4v) is 3.78. The zero-order valence-electron chi connectivity index (χ0n) is 18.3. The first-order valence-corrected chi connectivity index (χ1v) is 11.5. The second kappa shape index (κ2) is 11.1. The number of aromatic nitrogens is 4. The summed E-state index contributed by atoms with van der Waals surface area (Å²) in [5.74, 6) is 1.35. The van der Waals surface area contributed by atoms with Crippen molar-refractivity contribution >= 4 is 23.9 Å². The van der Waals surface area contributed by atoms with Crippen LogP contribution in [-0.2, 0) is 4.79 Å². The third kappa shape index (κ3) is 5.78. The zero-order chi connectivity index (χ0) is 23.8. The van der Waals surface area contributed by atoms with E-state index in [4.69, 9.17) is 4.74 Å². The number of aromatic hydroxyl groups is 1. The van der Waals surface area contributed by atoms with Gasteiger partial charge in [-0.05, 0) is 73.2 Å². The smallest absolute Gasteiger partial charge is 0.250 e. The Hall–Kier alpha value is -4.18. The quantitative estimate of drug-likeness (QED) is 0.216. The summed E-state index contributed by atoms with van der Waals surface area (Å²) >= 11 is 1.25. The second-order valence-electron chi connectivity index (χ2n) is 6.98. The van der Waals surface area contributed by atoms with Crippen LogP contribution in [0.4, 0.5) is 0 Å². The summed E-state index contributed by atoms with van der Waals surface area (Å²) < 4.78 is 7.42. The first-order valence-electron chi connectivity index (χ1n) is 10.5. The van der Waals surface area contributed by atoms with Gasteiger partial charge < -0.3 is 9.84 Å². The number of thioether (sulfide) groups is 1. The number of nitrogens with one attached hydrogen (secondary N) is 1. The first kappa shape index (κ1) is 23.0. The van der Waals surface area contributed by atoms with E-state index in [0.29, 0.717) is 17.6 Å². The van der Waals surface area contributed by atoms with E-state index in [0.717, 1.165) is 22.6 Å².